The molecule has 0 aromatic heterocycles. The van der Waals surface area contributed by atoms with Crippen LogP contribution in [0, 0.1) is 0 Å². The summed E-state index contributed by atoms with van der Waals surface area (Å²) in [5.41, 5.74) is -0.982. The predicted octanol–water partition coefficient (Wildman–Crippen LogP) is 2.84. The Morgan fingerprint density at radius 2 is 1.80 bits per heavy atom. The van der Waals surface area contributed by atoms with Crippen molar-refractivity contribution in [2.75, 3.05) is 4.31 Å². The number of aliphatic carboxylic acids is 1. The highest BCUT2D eigenvalue weighted by molar-refractivity contribution is 9.10. The van der Waals surface area contributed by atoms with E-state index in [1.54, 1.807) is 24.3 Å². The van der Waals surface area contributed by atoms with E-state index in [0.29, 0.717) is 18.5 Å². The van der Waals surface area contributed by atoms with E-state index in [4.69, 9.17) is 0 Å². The number of benzene rings is 1. The second-order valence-corrected chi connectivity index (χ2v) is 6.60. The van der Waals surface area contributed by atoms with E-state index in [1.165, 1.54) is 0 Å². The number of anilines is 1. The van der Waals surface area contributed by atoms with E-state index < -0.39 is 22.8 Å². The fraction of sp³-hybridized carbons (Fsp3) is 0.462. The Morgan fingerprint density at radius 3 is 2.25 bits per heavy atom. The van der Waals surface area contributed by atoms with Crippen LogP contribution in [0.1, 0.15) is 32.1 Å². The van der Waals surface area contributed by atoms with Crippen molar-refractivity contribution in [2.45, 2.75) is 37.6 Å². The van der Waals surface area contributed by atoms with Gasteiger partial charge in [-0.15, -0.1) is 0 Å². The van der Waals surface area contributed by atoms with Crippen LogP contribution in [-0.4, -0.2) is 25.4 Å². The van der Waals surface area contributed by atoms with Crippen molar-refractivity contribution in [3.8, 4) is 0 Å². The third-order valence-corrected chi connectivity index (χ3v) is 5.06. The smallest absolute Gasteiger partial charge is 0.330 e. The van der Waals surface area contributed by atoms with Crippen molar-refractivity contribution >= 4 is 38.9 Å². The average molecular weight is 361 g/mol. The molecule has 0 heterocycles. The topological polar surface area (TPSA) is 80.7 Å². The zero-order chi connectivity index (χ0) is 14.8. The summed E-state index contributed by atoms with van der Waals surface area (Å²) in [5.74, 6) is -1.08. The van der Waals surface area contributed by atoms with Crippen LogP contribution >= 0.6 is 15.9 Å². The summed E-state index contributed by atoms with van der Waals surface area (Å²) in [6.07, 6.45) is 3.06. The summed E-state index contributed by atoms with van der Waals surface area (Å²) >= 11 is 0.650. The number of hydrogen-bond acceptors (Lipinski definition) is 3. The maximum absolute atomic E-state index is 11.7. The van der Waals surface area contributed by atoms with Crippen molar-refractivity contribution in [1.29, 1.82) is 0 Å². The van der Waals surface area contributed by atoms with E-state index in [2.05, 4.69) is 15.9 Å². The van der Waals surface area contributed by atoms with Gasteiger partial charge in [0, 0.05) is 21.4 Å². The Balaban J connectivity index is 2.47. The average Bonchev–Trinajstić information content (AvgIpc) is 2.42. The van der Waals surface area contributed by atoms with Gasteiger partial charge in [-0.3, -0.25) is 8.51 Å². The molecular weight excluding hydrogens is 346 g/mol. The molecule has 0 radical (unpaired) electrons. The molecule has 0 bridgehead atoms. The molecule has 1 saturated carbocycles. The Bertz CT molecular complexity index is 514. The summed E-state index contributed by atoms with van der Waals surface area (Å²) in [4.78, 5) is 11.7. The third-order valence-electron chi connectivity index (χ3n) is 3.68. The zero-order valence-electron chi connectivity index (χ0n) is 10.8. The molecule has 1 aliphatic carbocycles. The molecule has 1 atom stereocenters. The molecule has 0 amide bonds. The Kier molecular flexibility index (Phi) is 4.82. The first-order chi connectivity index (χ1) is 9.47. The number of nitrogens with zero attached hydrogens (tertiary/aromatic N) is 1. The molecule has 1 unspecified atom stereocenters. The van der Waals surface area contributed by atoms with Gasteiger partial charge in [0.1, 0.15) is 5.54 Å². The van der Waals surface area contributed by atoms with Gasteiger partial charge < -0.3 is 9.66 Å². The minimum absolute atomic E-state index is 0.340. The summed E-state index contributed by atoms with van der Waals surface area (Å²) in [7, 11) is 0. The predicted molar refractivity (Wildman–Crippen MR) is 79.0 cm³/mol. The van der Waals surface area contributed by atoms with Gasteiger partial charge in [-0.05, 0) is 37.1 Å². The van der Waals surface area contributed by atoms with Gasteiger partial charge in [0.05, 0.1) is 0 Å². The number of carbonyl (C=O) groups is 1. The number of carboxylic acids is 1. The Hall–Kier alpha value is -0.920. The molecule has 1 aromatic rings. The summed E-state index contributed by atoms with van der Waals surface area (Å²) in [6, 6.07) is 6.62. The molecule has 2 rings (SSSR count). The molecule has 0 saturated heterocycles. The van der Waals surface area contributed by atoms with Gasteiger partial charge in [0.25, 0.3) is 0 Å². The standard InChI is InChI=1S/C13H16BrNO4S/c14-10-4-6-11(7-5-10)15(20(18)19)13(12(16)17)8-2-1-3-9-13/h4-7H,1-3,8-9H2,(H,16,17)(H,18,19)/p-1. The number of rotatable bonds is 4. The van der Waals surface area contributed by atoms with Crippen molar-refractivity contribution < 1.29 is 18.7 Å². The lowest BCUT2D eigenvalue weighted by molar-refractivity contribution is -0.144. The van der Waals surface area contributed by atoms with Crippen LogP contribution in [0.5, 0.6) is 0 Å². The fourth-order valence-electron chi connectivity index (χ4n) is 2.69. The van der Waals surface area contributed by atoms with Crippen molar-refractivity contribution in [2.24, 2.45) is 0 Å². The van der Waals surface area contributed by atoms with Gasteiger partial charge >= 0.3 is 5.97 Å². The highest BCUT2D eigenvalue weighted by Gasteiger charge is 2.46. The van der Waals surface area contributed by atoms with E-state index in [1.807, 2.05) is 0 Å². The van der Waals surface area contributed by atoms with Gasteiger partial charge in [-0.2, -0.15) is 0 Å². The van der Waals surface area contributed by atoms with Crippen molar-refractivity contribution in [3.05, 3.63) is 28.7 Å². The van der Waals surface area contributed by atoms with Crippen LogP contribution in [0.25, 0.3) is 0 Å². The SMILES string of the molecule is O=C(O)C1(N(c2ccc(Br)cc2)S(=O)[O-])CCCCC1. The first-order valence-corrected chi connectivity index (χ1v) is 8.18. The second-order valence-electron chi connectivity index (χ2n) is 4.89. The van der Waals surface area contributed by atoms with Crippen LogP contribution < -0.4 is 4.31 Å². The van der Waals surface area contributed by atoms with E-state index >= 15 is 0 Å². The van der Waals surface area contributed by atoms with E-state index in [0.717, 1.165) is 28.0 Å². The van der Waals surface area contributed by atoms with Gasteiger partial charge in [-0.25, -0.2) is 4.79 Å². The van der Waals surface area contributed by atoms with Crippen LogP contribution in [0.4, 0.5) is 5.69 Å². The minimum Gasteiger partial charge on any atom is -0.755 e. The monoisotopic (exact) mass is 360 g/mol. The van der Waals surface area contributed by atoms with Crippen molar-refractivity contribution in [3.63, 3.8) is 0 Å². The molecule has 1 aliphatic rings. The number of carboxylic acid groups (broad SMARTS) is 1. The molecule has 7 heteroatoms. The molecule has 110 valence electrons. The molecule has 1 N–H and O–H groups in total. The normalized spacial score (nSPS) is 19.3. The summed E-state index contributed by atoms with van der Waals surface area (Å²) < 4.78 is 25.1. The Labute approximate surface area is 128 Å². The second kappa shape index (κ2) is 6.24. The van der Waals surface area contributed by atoms with E-state index in [-0.39, 0.29) is 0 Å². The van der Waals surface area contributed by atoms with Crippen LogP contribution in [0.2, 0.25) is 0 Å². The molecule has 5 nitrogen and oxygen atoms in total. The zero-order valence-corrected chi connectivity index (χ0v) is 13.2. The van der Waals surface area contributed by atoms with Crippen LogP contribution in [0.15, 0.2) is 28.7 Å². The summed E-state index contributed by atoms with van der Waals surface area (Å²) in [6.45, 7) is 0. The number of hydrogen-bond donors (Lipinski definition) is 1. The third kappa shape index (κ3) is 2.89. The maximum atomic E-state index is 11.7. The quantitative estimate of drug-likeness (QED) is 0.837. The molecule has 0 spiro atoms. The van der Waals surface area contributed by atoms with Gasteiger partial charge in [-0.1, -0.05) is 35.2 Å². The fourth-order valence-corrected chi connectivity index (χ4v) is 3.80. The van der Waals surface area contributed by atoms with Crippen molar-refractivity contribution in [1.82, 2.24) is 0 Å². The van der Waals surface area contributed by atoms with E-state index in [9.17, 15) is 18.7 Å². The van der Waals surface area contributed by atoms with Crippen LogP contribution in [-0.2, 0) is 16.1 Å². The Morgan fingerprint density at radius 1 is 1.25 bits per heavy atom. The maximum Gasteiger partial charge on any atom is 0.330 e. The molecule has 1 fully saturated rings. The first-order valence-electron chi connectivity index (χ1n) is 6.36. The summed E-state index contributed by atoms with van der Waals surface area (Å²) in [5, 5.41) is 9.60. The molecule has 1 aromatic carbocycles. The highest BCUT2D eigenvalue weighted by atomic mass is 79.9. The van der Waals surface area contributed by atoms with Crippen LogP contribution in [0.3, 0.4) is 0 Å². The first kappa shape index (κ1) is 15.5. The molecule has 20 heavy (non-hydrogen) atoms. The largest absolute Gasteiger partial charge is 0.755 e. The minimum atomic E-state index is -2.63. The molecular formula is C13H15BrNO4S-. The lowest BCUT2D eigenvalue weighted by atomic mass is 9.81. The number of halogens is 1. The highest BCUT2D eigenvalue weighted by Crippen LogP contribution is 2.38. The van der Waals surface area contributed by atoms with Gasteiger partial charge in [0.15, 0.2) is 0 Å². The lowest BCUT2D eigenvalue weighted by Crippen LogP contribution is -2.56. The lowest BCUT2D eigenvalue weighted by Gasteiger charge is -2.44. The molecule has 0 aliphatic heterocycles. The van der Waals surface area contributed by atoms with Gasteiger partial charge in [0.2, 0.25) is 0 Å².